The Bertz CT molecular complexity index is 161. The summed E-state index contributed by atoms with van der Waals surface area (Å²) in [7, 11) is 1.47. The van der Waals surface area contributed by atoms with Gasteiger partial charge in [0.15, 0.2) is 0 Å². The normalized spacial score (nSPS) is 41.0. The summed E-state index contributed by atoms with van der Waals surface area (Å²) in [4.78, 5) is 11.2. The van der Waals surface area contributed by atoms with Crippen LogP contribution in [-0.2, 0) is 9.53 Å². The SMILES string of the molecule is COC(=O)[C@H]1[C@H]2CC[C@H]1NC2. The molecule has 11 heavy (non-hydrogen) atoms. The molecule has 0 spiro atoms. The van der Waals surface area contributed by atoms with Crippen LogP contribution in [0.5, 0.6) is 0 Å². The number of carbonyl (C=O) groups excluding carboxylic acids is 1. The Balaban J connectivity index is 2.09. The number of ether oxygens (including phenoxy) is 1. The molecule has 1 saturated heterocycles. The maximum absolute atomic E-state index is 11.2. The van der Waals surface area contributed by atoms with Crippen molar-refractivity contribution >= 4 is 5.97 Å². The maximum Gasteiger partial charge on any atom is 0.310 e. The minimum atomic E-state index is -0.0255. The number of fused-ring (bicyclic) bond motifs is 2. The predicted molar refractivity (Wildman–Crippen MR) is 40.0 cm³/mol. The van der Waals surface area contributed by atoms with Crippen LogP contribution >= 0.6 is 0 Å². The predicted octanol–water partition coefficient (Wildman–Crippen LogP) is 0.157. The number of hydrogen-bond acceptors (Lipinski definition) is 3. The fraction of sp³-hybridized carbons (Fsp3) is 0.875. The number of piperidine rings is 1. The van der Waals surface area contributed by atoms with E-state index >= 15 is 0 Å². The number of rotatable bonds is 1. The molecule has 3 heteroatoms. The Hall–Kier alpha value is -0.570. The molecule has 62 valence electrons. The fourth-order valence-electron chi connectivity index (χ4n) is 2.33. The van der Waals surface area contributed by atoms with E-state index in [1.54, 1.807) is 0 Å². The highest BCUT2D eigenvalue weighted by Crippen LogP contribution is 2.37. The summed E-state index contributed by atoms with van der Waals surface area (Å²) in [5.74, 6) is 0.676. The van der Waals surface area contributed by atoms with Gasteiger partial charge in [0.2, 0.25) is 0 Å². The summed E-state index contributed by atoms with van der Waals surface area (Å²) >= 11 is 0. The van der Waals surface area contributed by atoms with Crippen LogP contribution in [0.3, 0.4) is 0 Å². The second-order valence-corrected chi connectivity index (χ2v) is 3.40. The van der Waals surface area contributed by atoms with Crippen molar-refractivity contribution in [3.63, 3.8) is 0 Å². The van der Waals surface area contributed by atoms with Gasteiger partial charge in [-0.25, -0.2) is 0 Å². The van der Waals surface area contributed by atoms with Crippen LogP contribution in [0.4, 0.5) is 0 Å². The lowest BCUT2D eigenvalue weighted by molar-refractivity contribution is -0.146. The topological polar surface area (TPSA) is 38.3 Å². The number of nitrogens with one attached hydrogen (secondary N) is 1. The van der Waals surface area contributed by atoms with E-state index in [-0.39, 0.29) is 11.9 Å². The smallest absolute Gasteiger partial charge is 0.310 e. The highest BCUT2D eigenvalue weighted by Gasteiger charge is 2.46. The lowest BCUT2D eigenvalue weighted by atomic mass is 9.99. The van der Waals surface area contributed by atoms with E-state index in [0.29, 0.717) is 12.0 Å². The quantitative estimate of drug-likeness (QED) is 0.548. The first-order valence-electron chi connectivity index (χ1n) is 4.14. The van der Waals surface area contributed by atoms with E-state index in [1.165, 1.54) is 13.5 Å². The van der Waals surface area contributed by atoms with Gasteiger partial charge < -0.3 is 10.1 Å². The molecule has 0 aromatic heterocycles. The molecule has 0 unspecified atom stereocenters. The van der Waals surface area contributed by atoms with Crippen molar-refractivity contribution in [1.82, 2.24) is 5.32 Å². The van der Waals surface area contributed by atoms with Crippen LogP contribution in [0.25, 0.3) is 0 Å². The average molecular weight is 155 g/mol. The van der Waals surface area contributed by atoms with Crippen molar-refractivity contribution in [3.8, 4) is 0 Å². The molecule has 0 amide bonds. The lowest BCUT2D eigenvalue weighted by Crippen LogP contribution is -2.29. The third-order valence-corrected chi connectivity index (χ3v) is 2.91. The third-order valence-electron chi connectivity index (χ3n) is 2.91. The minimum absolute atomic E-state index is 0.0255. The summed E-state index contributed by atoms with van der Waals surface area (Å²) in [5.41, 5.74) is 0. The van der Waals surface area contributed by atoms with Gasteiger partial charge >= 0.3 is 5.97 Å². The van der Waals surface area contributed by atoms with Gasteiger partial charge in [-0.1, -0.05) is 0 Å². The molecule has 2 rings (SSSR count). The zero-order chi connectivity index (χ0) is 7.84. The van der Waals surface area contributed by atoms with Crippen molar-refractivity contribution in [2.24, 2.45) is 11.8 Å². The van der Waals surface area contributed by atoms with Gasteiger partial charge in [0, 0.05) is 6.04 Å². The van der Waals surface area contributed by atoms with Gasteiger partial charge in [0.1, 0.15) is 0 Å². The molecular weight excluding hydrogens is 142 g/mol. The van der Waals surface area contributed by atoms with Gasteiger partial charge in [-0.3, -0.25) is 4.79 Å². The van der Waals surface area contributed by atoms with Gasteiger partial charge in [0.25, 0.3) is 0 Å². The van der Waals surface area contributed by atoms with Crippen molar-refractivity contribution in [2.75, 3.05) is 13.7 Å². The first kappa shape index (κ1) is 7.10. The van der Waals surface area contributed by atoms with Crippen LogP contribution in [-0.4, -0.2) is 25.7 Å². The van der Waals surface area contributed by atoms with Crippen LogP contribution < -0.4 is 5.32 Å². The second-order valence-electron chi connectivity index (χ2n) is 3.40. The molecule has 3 nitrogen and oxygen atoms in total. The van der Waals surface area contributed by atoms with Gasteiger partial charge in [0.05, 0.1) is 13.0 Å². The summed E-state index contributed by atoms with van der Waals surface area (Å²) in [6.45, 7) is 1.00. The van der Waals surface area contributed by atoms with Crippen LogP contribution in [0.15, 0.2) is 0 Å². The van der Waals surface area contributed by atoms with E-state index in [2.05, 4.69) is 5.32 Å². The number of carbonyl (C=O) groups is 1. The van der Waals surface area contributed by atoms with Gasteiger partial charge in [-0.15, -0.1) is 0 Å². The van der Waals surface area contributed by atoms with Gasteiger partial charge in [-0.05, 0) is 25.3 Å². The Morgan fingerprint density at radius 2 is 2.36 bits per heavy atom. The molecule has 0 aromatic rings. The monoisotopic (exact) mass is 155 g/mol. The zero-order valence-electron chi connectivity index (χ0n) is 6.67. The summed E-state index contributed by atoms with van der Waals surface area (Å²) in [5, 5.41) is 3.32. The standard InChI is InChI=1S/C8H13NO2/c1-11-8(10)7-5-2-3-6(7)9-4-5/h5-7,9H,2-4H2,1H3/t5-,6+,7-/m0/s1. The molecule has 2 fully saturated rings. The van der Waals surface area contributed by atoms with E-state index in [9.17, 15) is 4.79 Å². The summed E-state index contributed by atoms with van der Waals surface area (Å²) in [6, 6.07) is 0.410. The number of esters is 1. The Morgan fingerprint density at radius 3 is 2.73 bits per heavy atom. The van der Waals surface area contributed by atoms with E-state index in [4.69, 9.17) is 4.74 Å². The van der Waals surface area contributed by atoms with Gasteiger partial charge in [-0.2, -0.15) is 0 Å². The highest BCUT2D eigenvalue weighted by molar-refractivity contribution is 5.74. The Kier molecular flexibility index (Phi) is 1.60. The minimum Gasteiger partial charge on any atom is -0.469 e. The molecule has 1 aliphatic heterocycles. The summed E-state index contributed by atoms with van der Waals surface area (Å²) < 4.78 is 4.74. The molecule has 3 atom stereocenters. The molecule has 2 aliphatic rings. The molecular formula is C8H13NO2. The first-order chi connectivity index (χ1) is 5.33. The Morgan fingerprint density at radius 1 is 1.55 bits per heavy atom. The van der Waals surface area contributed by atoms with E-state index in [0.717, 1.165) is 13.0 Å². The Labute approximate surface area is 66.1 Å². The highest BCUT2D eigenvalue weighted by atomic mass is 16.5. The fourth-order valence-corrected chi connectivity index (χ4v) is 2.33. The molecule has 0 radical (unpaired) electrons. The van der Waals surface area contributed by atoms with E-state index < -0.39 is 0 Å². The van der Waals surface area contributed by atoms with Crippen LogP contribution in [0, 0.1) is 11.8 Å². The lowest BCUT2D eigenvalue weighted by Gasteiger charge is -2.10. The largest absolute Gasteiger partial charge is 0.469 e. The first-order valence-corrected chi connectivity index (χ1v) is 4.14. The third kappa shape index (κ3) is 0.948. The number of hydrogen-bond donors (Lipinski definition) is 1. The molecule has 1 heterocycles. The second kappa shape index (κ2) is 2.48. The number of methoxy groups -OCH3 is 1. The molecule has 1 N–H and O–H groups in total. The average Bonchev–Trinajstić information content (AvgIpc) is 2.61. The molecule has 0 aromatic carbocycles. The zero-order valence-corrected chi connectivity index (χ0v) is 6.67. The molecule has 2 bridgehead atoms. The van der Waals surface area contributed by atoms with Crippen molar-refractivity contribution in [3.05, 3.63) is 0 Å². The molecule has 1 aliphatic carbocycles. The van der Waals surface area contributed by atoms with E-state index in [1.807, 2.05) is 0 Å². The maximum atomic E-state index is 11.2. The molecule has 1 saturated carbocycles. The van der Waals surface area contributed by atoms with Crippen molar-refractivity contribution in [2.45, 2.75) is 18.9 Å². The summed E-state index contributed by atoms with van der Waals surface area (Å²) in [6.07, 6.45) is 2.34. The van der Waals surface area contributed by atoms with Crippen LogP contribution in [0.2, 0.25) is 0 Å². The van der Waals surface area contributed by atoms with Crippen molar-refractivity contribution in [1.29, 1.82) is 0 Å². The van der Waals surface area contributed by atoms with Crippen LogP contribution in [0.1, 0.15) is 12.8 Å². The van der Waals surface area contributed by atoms with Crippen molar-refractivity contribution < 1.29 is 9.53 Å².